The second kappa shape index (κ2) is 16.3. The lowest BCUT2D eigenvalue weighted by Gasteiger charge is -2.14. The van der Waals surface area contributed by atoms with Gasteiger partial charge in [0.1, 0.15) is 5.70 Å². The molecule has 4 aromatic carbocycles. The molecule has 0 saturated heterocycles. The van der Waals surface area contributed by atoms with E-state index in [0.717, 1.165) is 20.6 Å². The highest BCUT2D eigenvalue weighted by Crippen LogP contribution is 2.33. The molecule has 0 saturated carbocycles. The largest absolute Gasteiger partial charge is 0.493 e. The number of ether oxygens (including phenoxy) is 2. The summed E-state index contributed by atoms with van der Waals surface area (Å²) in [6.45, 7) is 1.82. The van der Waals surface area contributed by atoms with Crippen LogP contribution in [0.25, 0.3) is 17.3 Å². The van der Waals surface area contributed by atoms with E-state index in [1.54, 1.807) is 60.7 Å². The van der Waals surface area contributed by atoms with E-state index in [1.165, 1.54) is 43.4 Å². The molecule has 1 aromatic heterocycles. The van der Waals surface area contributed by atoms with E-state index >= 15 is 0 Å². The van der Waals surface area contributed by atoms with Gasteiger partial charge in [-0.3, -0.25) is 14.4 Å². The van der Waals surface area contributed by atoms with Gasteiger partial charge in [0.2, 0.25) is 5.91 Å². The van der Waals surface area contributed by atoms with Gasteiger partial charge in [0.15, 0.2) is 16.6 Å². The zero-order valence-electron chi connectivity index (χ0n) is 26.2. The monoisotopic (exact) mass is 742 g/mol. The Morgan fingerprint density at radius 3 is 2.29 bits per heavy atom. The van der Waals surface area contributed by atoms with E-state index in [2.05, 4.69) is 36.9 Å². The molecule has 3 N–H and O–H groups in total. The molecule has 0 aliphatic heterocycles. The molecule has 1 atom stereocenters. The molecule has 1 unspecified atom stereocenters. The third-order valence-corrected chi connectivity index (χ3v) is 9.33. The highest BCUT2D eigenvalue weighted by molar-refractivity contribution is 9.10. The first-order valence-corrected chi connectivity index (χ1v) is 17.2. The Morgan fingerprint density at radius 1 is 0.875 bits per heavy atom. The fourth-order valence-corrected chi connectivity index (χ4v) is 6.34. The van der Waals surface area contributed by atoms with Crippen LogP contribution in [-0.2, 0) is 9.59 Å². The Balaban J connectivity index is 1.25. The van der Waals surface area contributed by atoms with E-state index in [1.807, 2.05) is 48.7 Å². The van der Waals surface area contributed by atoms with Crippen LogP contribution >= 0.6 is 39.0 Å². The highest BCUT2D eigenvalue weighted by Gasteiger charge is 2.19. The average Bonchev–Trinajstić information content (AvgIpc) is 3.57. The van der Waals surface area contributed by atoms with Crippen LogP contribution in [0.1, 0.15) is 22.8 Å². The summed E-state index contributed by atoms with van der Waals surface area (Å²) in [5, 5.41) is 10.5. The summed E-state index contributed by atoms with van der Waals surface area (Å²) < 4.78 is 11.9. The third kappa shape index (κ3) is 8.91. The maximum atomic E-state index is 13.5. The number of rotatable bonds is 12. The number of methoxy groups -OCH3 is 2. The molecule has 0 aliphatic rings. The molecule has 0 aliphatic carbocycles. The normalized spacial score (nSPS) is 11.7. The Kier molecular flexibility index (Phi) is 11.7. The van der Waals surface area contributed by atoms with E-state index in [0.29, 0.717) is 33.4 Å². The van der Waals surface area contributed by atoms with Gasteiger partial charge in [-0.1, -0.05) is 58.4 Å². The SMILES string of the molecule is COc1cccc(/C=C(\NC(=O)c2ccccc2)C(=O)Nc2ccc(SC(C)C(=O)Nc3nc(-c4ccc(Br)cc4)cs3)cc2)c1OC. The molecular formula is C36H31BrN4O5S2. The number of aromatic nitrogens is 1. The first-order chi connectivity index (χ1) is 23.2. The van der Waals surface area contributed by atoms with Crippen molar-refractivity contribution in [1.29, 1.82) is 0 Å². The van der Waals surface area contributed by atoms with E-state index in [-0.39, 0.29) is 11.6 Å². The number of carbonyl (C=O) groups excluding carboxylic acids is 3. The van der Waals surface area contributed by atoms with Gasteiger partial charge in [-0.2, -0.15) is 0 Å². The van der Waals surface area contributed by atoms with Crippen molar-refractivity contribution in [2.24, 2.45) is 0 Å². The van der Waals surface area contributed by atoms with Gasteiger partial charge in [-0.05, 0) is 67.6 Å². The maximum Gasteiger partial charge on any atom is 0.272 e. The first kappa shape index (κ1) is 34.4. The number of anilines is 2. The van der Waals surface area contributed by atoms with Gasteiger partial charge in [0.25, 0.3) is 11.8 Å². The lowest BCUT2D eigenvalue weighted by Crippen LogP contribution is -2.30. The lowest BCUT2D eigenvalue weighted by atomic mass is 10.1. The molecule has 1 heterocycles. The first-order valence-electron chi connectivity index (χ1n) is 14.6. The molecule has 0 bridgehead atoms. The minimum absolute atomic E-state index is 0.00429. The van der Waals surface area contributed by atoms with Gasteiger partial charge < -0.3 is 25.4 Å². The number of amides is 3. The quantitative estimate of drug-likeness (QED) is 0.0873. The molecule has 48 heavy (non-hydrogen) atoms. The molecule has 9 nitrogen and oxygen atoms in total. The van der Waals surface area contributed by atoms with Gasteiger partial charge >= 0.3 is 0 Å². The van der Waals surface area contributed by atoms with E-state index < -0.39 is 17.1 Å². The number of nitrogens with one attached hydrogen (secondary N) is 3. The molecule has 0 radical (unpaired) electrons. The zero-order valence-corrected chi connectivity index (χ0v) is 29.4. The van der Waals surface area contributed by atoms with E-state index in [9.17, 15) is 14.4 Å². The molecule has 0 spiro atoms. The van der Waals surface area contributed by atoms with Crippen molar-refractivity contribution in [2.45, 2.75) is 17.1 Å². The van der Waals surface area contributed by atoms with Crippen LogP contribution in [0.4, 0.5) is 10.8 Å². The Labute approximate surface area is 294 Å². The fourth-order valence-electron chi connectivity index (χ4n) is 4.49. The Bertz CT molecular complexity index is 1930. The summed E-state index contributed by atoms with van der Waals surface area (Å²) in [4.78, 5) is 44.9. The molecular weight excluding hydrogens is 712 g/mol. The number of hydrogen-bond donors (Lipinski definition) is 3. The van der Waals surface area contributed by atoms with Gasteiger partial charge in [0.05, 0.1) is 25.2 Å². The van der Waals surface area contributed by atoms with Crippen LogP contribution < -0.4 is 25.4 Å². The lowest BCUT2D eigenvalue weighted by molar-refractivity contribution is -0.115. The second-order valence-corrected chi connectivity index (χ2v) is 13.4. The minimum atomic E-state index is -0.539. The zero-order chi connectivity index (χ0) is 34.0. The summed E-state index contributed by atoms with van der Waals surface area (Å²) in [6.07, 6.45) is 1.53. The van der Waals surface area contributed by atoms with Crippen LogP contribution in [-0.4, -0.2) is 42.2 Å². The number of nitrogens with zero attached hydrogens (tertiary/aromatic N) is 1. The number of hydrogen-bond acceptors (Lipinski definition) is 8. The van der Waals surface area contributed by atoms with Gasteiger partial charge in [0, 0.05) is 37.1 Å². The van der Waals surface area contributed by atoms with Crippen LogP contribution in [0.5, 0.6) is 11.5 Å². The van der Waals surface area contributed by atoms with Gasteiger partial charge in [-0.15, -0.1) is 23.1 Å². The number of para-hydroxylation sites is 1. The maximum absolute atomic E-state index is 13.5. The number of halogens is 1. The topological polar surface area (TPSA) is 119 Å². The highest BCUT2D eigenvalue weighted by atomic mass is 79.9. The average molecular weight is 744 g/mol. The minimum Gasteiger partial charge on any atom is -0.493 e. The van der Waals surface area contributed by atoms with Crippen LogP contribution in [0.2, 0.25) is 0 Å². The molecule has 5 rings (SSSR count). The summed E-state index contributed by atoms with van der Waals surface area (Å²) in [6, 6.07) is 28.8. The number of thioether (sulfide) groups is 1. The predicted molar refractivity (Wildman–Crippen MR) is 196 cm³/mol. The van der Waals surface area contributed by atoms with Crippen LogP contribution in [0, 0.1) is 0 Å². The molecule has 3 amide bonds. The van der Waals surface area contributed by atoms with Crippen molar-refractivity contribution in [1.82, 2.24) is 10.3 Å². The van der Waals surface area contributed by atoms with Crippen molar-refractivity contribution < 1.29 is 23.9 Å². The predicted octanol–water partition coefficient (Wildman–Crippen LogP) is 8.12. The number of thiazole rings is 1. The molecule has 244 valence electrons. The molecule has 12 heteroatoms. The number of carbonyl (C=O) groups is 3. The standard InChI is InChI=1S/C36H31BrN4O5S2/c1-22(33(42)41-36-40-30(21-47-36)23-12-14-26(37)15-13-23)48-28-18-16-27(17-19-28)38-35(44)29(39-34(43)24-8-5-4-6-9-24)20-25-10-7-11-31(45-2)32(25)46-3/h4-22H,1-3H3,(H,38,44)(H,39,43)(H,40,41,42)/b29-20-. The summed E-state index contributed by atoms with van der Waals surface area (Å²) >= 11 is 6.18. The third-order valence-electron chi connectivity index (χ3n) is 6.93. The van der Waals surface area contributed by atoms with Crippen molar-refractivity contribution in [3.05, 3.63) is 124 Å². The van der Waals surface area contributed by atoms with Gasteiger partial charge in [-0.25, -0.2) is 4.98 Å². The molecule has 0 fully saturated rings. The van der Waals surface area contributed by atoms with Crippen molar-refractivity contribution >= 4 is 73.6 Å². The van der Waals surface area contributed by atoms with Crippen LogP contribution in [0.3, 0.4) is 0 Å². The molecule has 5 aromatic rings. The van der Waals surface area contributed by atoms with Crippen molar-refractivity contribution in [3.8, 4) is 22.8 Å². The smallest absolute Gasteiger partial charge is 0.272 e. The Morgan fingerprint density at radius 2 is 1.60 bits per heavy atom. The van der Waals surface area contributed by atoms with E-state index in [4.69, 9.17) is 9.47 Å². The van der Waals surface area contributed by atoms with Crippen molar-refractivity contribution in [2.75, 3.05) is 24.9 Å². The summed E-state index contributed by atoms with van der Waals surface area (Å²) in [5.74, 6) is -0.262. The number of benzene rings is 4. The van der Waals surface area contributed by atoms with Crippen molar-refractivity contribution in [3.63, 3.8) is 0 Å². The van der Waals surface area contributed by atoms with Crippen LogP contribution in [0.15, 0.2) is 118 Å². The summed E-state index contributed by atoms with van der Waals surface area (Å²) in [5.41, 5.74) is 3.20. The second-order valence-electron chi connectivity index (χ2n) is 10.2. The fraction of sp³-hybridized carbons (Fsp3) is 0.111. The Hall–Kier alpha value is -4.91. The summed E-state index contributed by atoms with van der Waals surface area (Å²) in [7, 11) is 3.02.